The highest BCUT2D eigenvalue weighted by molar-refractivity contribution is 14.0. The molecule has 0 bridgehead atoms. The molecule has 1 fully saturated rings. The topological polar surface area (TPSA) is 79.0 Å². The van der Waals surface area contributed by atoms with Gasteiger partial charge in [0, 0.05) is 18.5 Å². The van der Waals surface area contributed by atoms with Crippen LogP contribution < -0.4 is 10.6 Å². The van der Waals surface area contributed by atoms with Crippen LogP contribution in [0, 0.1) is 12.3 Å². The number of halogens is 1. The van der Waals surface area contributed by atoms with E-state index in [1.165, 1.54) is 0 Å². The van der Waals surface area contributed by atoms with Gasteiger partial charge in [0.05, 0.1) is 19.8 Å². The standard InChI is InChI=1S/C16H27N3O3.HI/c1-5-17-14(18-8-15(3)10-21-11-15)19-9-16(4,20)13-7-6-12(2)22-13;/h6-7,20H,5,8-11H2,1-4H3,(H2,17,18,19);1H. The smallest absolute Gasteiger partial charge is 0.191 e. The average molecular weight is 437 g/mol. The molecule has 2 heterocycles. The van der Waals surface area contributed by atoms with E-state index in [1.54, 1.807) is 13.0 Å². The van der Waals surface area contributed by atoms with Crippen molar-refractivity contribution in [1.29, 1.82) is 0 Å². The van der Waals surface area contributed by atoms with E-state index >= 15 is 0 Å². The number of rotatable bonds is 6. The first kappa shape index (κ1) is 20.2. The minimum absolute atomic E-state index is 0. The Hall–Kier alpha value is -0.800. The first-order chi connectivity index (χ1) is 10.3. The highest BCUT2D eigenvalue weighted by Gasteiger charge is 2.33. The van der Waals surface area contributed by atoms with Gasteiger partial charge < -0.3 is 24.9 Å². The quantitative estimate of drug-likeness (QED) is 0.361. The Morgan fingerprint density at radius 1 is 1.39 bits per heavy atom. The summed E-state index contributed by atoms with van der Waals surface area (Å²) in [6.07, 6.45) is 0. The second-order valence-electron chi connectivity index (χ2n) is 6.54. The molecule has 0 saturated carbocycles. The van der Waals surface area contributed by atoms with Gasteiger partial charge in [0.25, 0.3) is 0 Å². The van der Waals surface area contributed by atoms with E-state index in [0.717, 1.165) is 32.1 Å². The summed E-state index contributed by atoms with van der Waals surface area (Å²) in [5.74, 6) is 2.00. The molecule has 1 saturated heterocycles. The molecule has 1 unspecified atom stereocenters. The van der Waals surface area contributed by atoms with Crippen LogP contribution in [0.5, 0.6) is 0 Å². The zero-order chi connectivity index (χ0) is 16.2. The van der Waals surface area contributed by atoms with E-state index in [4.69, 9.17) is 9.15 Å². The summed E-state index contributed by atoms with van der Waals surface area (Å²) in [6, 6.07) is 3.63. The van der Waals surface area contributed by atoms with Gasteiger partial charge in [0.15, 0.2) is 5.96 Å². The number of aliphatic hydroxyl groups is 1. The molecule has 0 aromatic carbocycles. The molecule has 6 nitrogen and oxygen atoms in total. The lowest BCUT2D eigenvalue weighted by molar-refractivity contribution is -0.0971. The third kappa shape index (κ3) is 5.65. The monoisotopic (exact) mass is 437 g/mol. The molecule has 0 spiro atoms. The highest BCUT2D eigenvalue weighted by atomic mass is 127. The maximum atomic E-state index is 10.5. The average Bonchev–Trinajstić information content (AvgIpc) is 2.87. The Balaban J connectivity index is 0.00000264. The summed E-state index contributed by atoms with van der Waals surface area (Å²) in [4.78, 5) is 4.48. The number of ether oxygens (including phenoxy) is 1. The van der Waals surface area contributed by atoms with Crippen molar-refractivity contribution >= 4 is 29.9 Å². The van der Waals surface area contributed by atoms with Crippen LogP contribution in [0.2, 0.25) is 0 Å². The van der Waals surface area contributed by atoms with Crippen LogP contribution in [-0.2, 0) is 10.3 Å². The molecule has 132 valence electrons. The first-order valence-corrected chi connectivity index (χ1v) is 7.74. The van der Waals surface area contributed by atoms with Crippen molar-refractivity contribution in [3.05, 3.63) is 23.7 Å². The Morgan fingerprint density at radius 2 is 2.09 bits per heavy atom. The third-order valence-electron chi connectivity index (χ3n) is 3.74. The van der Waals surface area contributed by atoms with Gasteiger partial charge in [-0.25, -0.2) is 4.99 Å². The number of aryl methyl sites for hydroxylation is 1. The lowest BCUT2D eigenvalue weighted by Crippen LogP contribution is -2.51. The number of nitrogens with one attached hydrogen (secondary N) is 2. The molecule has 0 amide bonds. The Bertz CT molecular complexity index is 524. The van der Waals surface area contributed by atoms with Gasteiger partial charge in [-0.1, -0.05) is 6.92 Å². The number of aliphatic imine (C=N–C) groups is 1. The Labute approximate surface area is 155 Å². The van der Waals surface area contributed by atoms with E-state index in [1.807, 2.05) is 19.9 Å². The number of guanidine groups is 1. The lowest BCUT2D eigenvalue weighted by Gasteiger charge is -2.38. The van der Waals surface area contributed by atoms with Crippen molar-refractivity contribution < 1.29 is 14.3 Å². The summed E-state index contributed by atoms with van der Waals surface area (Å²) in [5, 5.41) is 17.0. The molecular formula is C16H28IN3O3. The summed E-state index contributed by atoms with van der Waals surface area (Å²) < 4.78 is 10.8. The predicted octanol–water partition coefficient (Wildman–Crippen LogP) is 2.01. The Kier molecular flexibility index (Phi) is 7.34. The van der Waals surface area contributed by atoms with Gasteiger partial charge in [-0.2, -0.15) is 0 Å². The van der Waals surface area contributed by atoms with Crippen molar-refractivity contribution in [2.75, 3.05) is 32.8 Å². The fourth-order valence-corrected chi connectivity index (χ4v) is 2.23. The fourth-order valence-electron chi connectivity index (χ4n) is 2.23. The van der Waals surface area contributed by atoms with Crippen LogP contribution in [0.4, 0.5) is 0 Å². The molecule has 1 atom stereocenters. The zero-order valence-electron chi connectivity index (χ0n) is 14.3. The normalized spacial score (nSPS) is 19.3. The van der Waals surface area contributed by atoms with Crippen molar-refractivity contribution in [3.63, 3.8) is 0 Å². The van der Waals surface area contributed by atoms with Gasteiger partial charge in [-0.15, -0.1) is 24.0 Å². The molecule has 23 heavy (non-hydrogen) atoms. The van der Waals surface area contributed by atoms with Gasteiger partial charge in [-0.3, -0.25) is 0 Å². The number of hydrogen-bond donors (Lipinski definition) is 3. The maximum Gasteiger partial charge on any atom is 0.191 e. The van der Waals surface area contributed by atoms with E-state index in [0.29, 0.717) is 11.7 Å². The molecule has 7 heteroatoms. The van der Waals surface area contributed by atoms with Crippen molar-refractivity contribution in [2.45, 2.75) is 33.3 Å². The second-order valence-corrected chi connectivity index (χ2v) is 6.54. The number of nitrogens with zero attached hydrogens (tertiary/aromatic N) is 1. The van der Waals surface area contributed by atoms with Crippen LogP contribution >= 0.6 is 24.0 Å². The molecule has 1 aliphatic heterocycles. The summed E-state index contributed by atoms with van der Waals surface area (Å²) in [7, 11) is 0. The highest BCUT2D eigenvalue weighted by Crippen LogP contribution is 2.25. The summed E-state index contributed by atoms with van der Waals surface area (Å²) >= 11 is 0. The summed E-state index contributed by atoms with van der Waals surface area (Å²) in [6.45, 7) is 11.1. The predicted molar refractivity (Wildman–Crippen MR) is 101 cm³/mol. The molecule has 0 radical (unpaired) electrons. The van der Waals surface area contributed by atoms with Gasteiger partial charge in [0.2, 0.25) is 0 Å². The molecule has 1 aromatic heterocycles. The van der Waals surface area contributed by atoms with E-state index in [-0.39, 0.29) is 35.9 Å². The maximum absolute atomic E-state index is 10.5. The van der Waals surface area contributed by atoms with Crippen LogP contribution in [0.15, 0.2) is 21.5 Å². The van der Waals surface area contributed by atoms with Crippen molar-refractivity contribution in [1.82, 2.24) is 10.6 Å². The minimum atomic E-state index is -1.12. The van der Waals surface area contributed by atoms with E-state index in [2.05, 4.69) is 22.5 Å². The molecule has 1 aromatic rings. The van der Waals surface area contributed by atoms with E-state index < -0.39 is 5.60 Å². The minimum Gasteiger partial charge on any atom is -0.463 e. The van der Waals surface area contributed by atoms with Crippen molar-refractivity contribution in [2.24, 2.45) is 10.4 Å². The largest absolute Gasteiger partial charge is 0.463 e. The van der Waals surface area contributed by atoms with Crippen LogP contribution in [0.1, 0.15) is 32.3 Å². The van der Waals surface area contributed by atoms with Crippen molar-refractivity contribution in [3.8, 4) is 0 Å². The zero-order valence-corrected chi connectivity index (χ0v) is 16.6. The van der Waals surface area contributed by atoms with Crippen LogP contribution in [0.3, 0.4) is 0 Å². The number of furan rings is 1. The molecule has 2 rings (SSSR count). The van der Waals surface area contributed by atoms with Gasteiger partial charge in [0.1, 0.15) is 17.1 Å². The van der Waals surface area contributed by atoms with Crippen LogP contribution in [-0.4, -0.2) is 43.9 Å². The number of hydrogen-bond acceptors (Lipinski definition) is 4. The van der Waals surface area contributed by atoms with Gasteiger partial charge >= 0.3 is 0 Å². The van der Waals surface area contributed by atoms with Crippen LogP contribution in [0.25, 0.3) is 0 Å². The second kappa shape index (κ2) is 8.34. The van der Waals surface area contributed by atoms with E-state index in [9.17, 15) is 5.11 Å². The lowest BCUT2D eigenvalue weighted by atomic mass is 9.89. The molecule has 1 aliphatic rings. The first-order valence-electron chi connectivity index (χ1n) is 7.74. The fraction of sp³-hybridized carbons (Fsp3) is 0.688. The molecule has 0 aliphatic carbocycles. The molecule has 3 N–H and O–H groups in total. The Morgan fingerprint density at radius 3 is 2.57 bits per heavy atom. The summed E-state index contributed by atoms with van der Waals surface area (Å²) in [5.41, 5.74) is -0.961. The van der Waals surface area contributed by atoms with Gasteiger partial charge in [-0.05, 0) is 32.9 Å². The SMILES string of the molecule is CCNC(=NCC(C)(O)c1ccc(C)o1)NCC1(C)COC1.I. The third-order valence-corrected chi connectivity index (χ3v) is 3.74. The molecular weight excluding hydrogens is 409 g/mol.